The van der Waals surface area contributed by atoms with Gasteiger partial charge in [-0.3, -0.25) is 5.32 Å². The molecule has 1 amide bonds. The molecule has 2 aromatic carbocycles. The first-order chi connectivity index (χ1) is 21.0. The Labute approximate surface area is 268 Å². The summed E-state index contributed by atoms with van der Waals surface area (Å²) in [6.07, 6.45) is -2.91. The van der Waals surface area contributed by atoms with Gasteiger partial charge in [0.15, 0.2) is 19.6 Å². The SMILES string of the molecule is CC(C)(C)OC(=O)Nc1nc(/C(=N/O[C@H](CO[Si](C)(C)C(C)(C)C)C(=O)OC(c2ccccc2)c2ccccc2)C(=O)O)cs1. The Hall–Kier alpha value is -4.07. The molecule has 0 radical (unpaired) electrons. The van der Waals surface area contributed by atoms with Gasteiger partial charge in [0.2, 0.25) is 11.8 Å². The molecule has 0 aliphatic rings. The minimum atomic E-state index is -2.37. The van der Waals surface area contributed by atoms with Crippen LogP contribution < -0.4 is 5.32 Å². The summed E-state index contributed by atoms with van der Waals surface area (Å²) in [6.45, 7) is 15.1. The number of hydrogen-bond acceptors (Lipinski definition) is 10. The fourth-order valence-electron chi connectivity index (χ4n) is 3.56. The van der Waals surface area contributed by atoms with Gasteiger partial charge in [-0.1, -0.05) is 86.6 Å². The number of aromatic nitrogens is 1. The predicted octanol–water partition coefficient (Wildman–Crippen LogP) is 7.02. The average Bonchev–Trinajstić information content (AvgIpc) is 3.40. The summed E-state index contributed by atoms with van der Waals surface area (Å²) < 4.78 is 17.5. The van der Waals surface area contributed by atoms with Crippen LogP contribution in [0.15, 0.2) is 71.2 Å². The van der Waals surface area contributed by atoms with Gasteiger partial charge in [-0.25, -0.2) is 19.4 Å². The minimum absolute atomic E-state index is 0.0811. The third kappa shape index (κ3) is 10.5. The zero-order valence-electron chi connectivity index (χ0n) is 26.8. The Kier molecular flexibility index (Phi) is 11.6. The molecule has 1 atom stereocenters. The zero-order valence-corrected chi connectivity index (χ0v) is 28.6. The number of carboxylic acid groups (broad SMARTS) is 1. The molecular formula is C32H41N3O8SSi. The topological polar surface area (TPSA) is 146 Å². The number of esters is 1. The van der Waals surface area contributed by atoms with Crippen molar-refractivity contribution in [2.75, 3.05) is 11.9 Å². The molecule has 0 aliphatic carbocycles. The molecule has 0 bridgehead atoms. The molecule has 0 aliphatic heterocycles. The van der Waals surface area contributed by atoms with Crippen LogP contribution in [0.3, 0.4) is 0 Å². The van der Waals surface area contributed by atoms with E-state index >= 15 is 0 Å². The maximum Gasteiger partial charge on any atom is 0.413 e. The minimum Gasteiger partial charge on any atom is -0.476 e. The summed E-state index contributed by atoms with van der Waals surface area (Å²) in [5.41, 5.74) is 0.0901. The van der Waals surface area contributed by atoms with Crippen molar-refractivity contribution < 1.29 is 38.2 Å². The lowest BCUT2D eigenvalue weighted by Gasteiger charge is -2.36. The maximum atomic E-state index is 13.7. The molecule has 242 valence electrons. The molecule has 0 saturated heterocycles. The largest absolute Gasteiger partial charge is 0.476 e. The van der Waals surface area contributed by atoms with E-state index in [4.69, 9.17) is 18.7 Å². The van der Waals surface area contributed by atoms with Gasteiger partial charge in [0.1, 0.15) is 11.3 Å². The van der Waals surface area contributed by atoms with E-state index in [-0.39, 0.29) is 22.5 Å². The normalized spacial score (nSPS) is 13.2. The number of benzene rings is 2. The quantitative estimate of drug-likeness (QED) is 0.0910. The summed E-state index contributed by atoms with van der Waals surface area (Å²) in [5, 5.41) is 17.5. The molecular weight excluding hydrogens is 615 g/mol. The van der Waals surface area contributed by atoms with Crippen LogP contribution in [0.2, 0.25) is 18.1 Å². The number of nitrogens with zero attached hydrogens (tertiary/aromatic N) is 2. The number of carboxylic acids is 1. The van der Waals surface area contributed by atoms with Crippen LogP contribution >= 0.6 is 11.3 Å². The number of amides is 1. The summed E-state index contributed by atoms with van der Waals surface area (Å²) in [6, 6.07) is 18.5. The number of nitrogens with one attached hydrogen (secondary N) is 1. The van der Waals surface area contributed by atoms with E-state index < -0.39 is 49.9 Å². The van der Waals surface area contributed by atoms with Crippen molar-refractivity contribution in [3.63, 3.8) is 0 Å². The molecule has 0 saturated carbocycles. The zero-order chi connectivity index (χ0) is 33.4. The van der Waals surface area contributed by atoms with Gasteiger partial charge in [-0.15, -0.1) is 11.3 Å². The van der Waals surface area contributed by atoms with Crippen molar-refractivity contribution in [1.29, 1.82) is 0 Å². The van der Waals surface area contributed by atoms with Crippen molar-refractivity contribution in [3.05, 3.63) is 82.9 Å². The molecule has 0 spiro atoms. The first kappa shape index (κ1) is 35.4. The van der Waals surface area contributed by atoms with Crippen molar-refractivity contribution in [1.82, 2.24) is 4.98 Å². The standard InChI is InChI=1S/C32H41N3O8SSi/c1-31(2,3)42-30(39)34-29-33-23(20-44-29)25(27(36)37)35-43-24(19-40-45(7,8)32(4,5)6)28(38)41-26(21-15-11-9-12-16-21)22-17-13-10-14-18-22/h9-18,20,24,26H,19H2,1-8H3,(H,36,37)(H,33,34,39)/b35-25-/t24-/m1/s1. The molecule has 2 N–H and O–H groups in total. The van der Waals surface area contributed by atoms with Gasteiger partial charge < -0.3 is 23.8 Å². The monoisotopic (exact) mass is 655 g/mol. The molecule has 3 aromatic rings. The Morgan fingerprint density at radius 3 is 2.00 bits per heavy atom. The second-order valence-electron chi connectivity index (χ2n) is 12.7. The van der Waals surface area contributed by atoms with Gasteiger partial charge in [-0.2, -0.15) is 0 Å². The van der Waals surface area contributed by atoms with Gasteiger partial charge in [0.05, 0.1) is 6.61 Å². The van der Waals surface area contributed by atoms with Gasteiger partial charge >= 0.3 is 18.0 Å². The predicted molar refractivity (Wildman–Crippen MR) is 175 cm³/mol. The Morgan fingerprint density at radius 2 is 1.51 bits per heavy atom. The molecule has 3 rings (SSSR count). The van der Waals surface area contributed by atoms with E-state index in [1.165, 1.54) is 5.38 Å². The molecule has 45 heavy (non-hydrogen) atoms. The number of anilines is 1. The Balaban J connectivity index is 1.90. The molecule has 13 heteroatoms. The third-order valence-corrected chi connectivity index (χ3v) is 12.2. The van der Waals surface area contributed by atoms with E-state index in [9.17, 15) is 19.5 Å². The summed E-state index contributed by atoms with van der Waals surface area (Å²) in [4.78, 5) is 47.8. The molecule has 0 fully saturated rings. The van der Waals surface area contributed by atoms with E-state index in [1.807, 2.05) is 73.8 Å². The molecule has 11 nitrogen and oxygen atoms in total. The fourth-order valence-corrected chi connectivity index (χ4v) is 5.24. The second kappa shape index (κ2) is 14.8. The highest BCUT2D eigenvalue weighted by Crippen LogP contribution is 2.37. The van der Waals surface area contributed by atoms with Crippen LogP contribution in [0.25, 0.3) is 0 Å². The third-order valence-electron chi connectivity index (χ3n) is 6.93. The number of aliphatic carboxylic acids is 1. The van der Waals surface area contributed by atoms with E-state index in [0.29, 0.717) is 0 Å². The number of ether oxygens (including phenoxy) is 2. The number of oxime groups is 1. The fraction of sp³-hybridized carbons (Fsp3) is 0.406. The highest BCUT2D eigenvalue weighted by molar-refractivity contribution is 7.14. The van der Waals surface area contributed by atoms with E-state index in [1.54, 1.807) is 20.8 Å². The summed E-state index contributed by atoms with van der Waals surface area (Å²) in [7, 11) is -2.37. The van der Waals surface area contributed by atoms with Crippen LogP contribution in [0.5, 0.6) is 0 Å². The number of carbonyl (C=O) groups is 3. The number of thiazole rings is 1. The van der Waals surface area contributed by atoms with E-state index in [2.05, 4.69) is 36.2 Å². The Bertz CT molecular complexity index is 1440. The number of carbonyl (C=O) groups excluding carboxylic acids is 2. The Morgan fingerprint density at radius 1 is 0.956 bits per heavy atom. The van der Waals surface area contributed by atoms with Crippen LogP contribution in [-0.4, -0.2) is 60.5 Å². The highest BCUT2D eigenvalue weighted by atomic mass is 32.1. The van der Waals surface area contributed by atoms with Crippen LogP contribution in [0.1, 0.15) is 64.5 Å². The first-order valence-corrected chi connectivity index (χ1v) is 18.1. The van der Waals surface area contributed by atoms with E-state index in [0.717, 1.165) is 22.5 Å². The van der Waals surface area contributed by atoms with Crippen molar-refractivity contribution in [2.45, 2.75) is 77.5 Å². The van der Waals surface area contributed by atoms with Crippen molar-refractivity contribution >= 4 is 48.5 Å². The molecule has 1 aromatic heterocycles. The van der Waals surface area contributed by atoms with Crippen LogP contribution in [0.4, 0.5) is 9.93 Å². The van der Waals surface area contributed by atoms with Gasteiger partial charge in [-0.05, 0) is 50.0 Å². The highest BCUT2D eigenvalue weighted by Gasteiger charge is 2.39. The van der Waals surface area contributed by atoms with Crippen LogP contribution in [0, 0.1) is 0 Å². The smallest absolute Gasteiger partial charge is 0.413 e. The van der Waals surface area contributed by atoms with Crippen LogP contribution in [-0.2, 0) is 28.3 Å². The van der Waals surface area contributed by atoms with Crippen molar-refractivity contribution in [2.24, 2.45) is 5.16 Å². The molecule has 0 unspecified atom stereocenters. The number of hydrogen-bond donors (Lipinski definition) is 2. The second-order valence-corrected chi connectivity index (χ2v) is 18.4. The van der Waals surface area contributed by atoms with Gasteiger partial charge in [0.25, 0.3) is 0 Å². The first-order valence-electron chi connectivity index (χ1n) is 14.3. The maximum absolute atomic E-state index is 13.7. The summed E-state index contributed by atoms with van der Waals surface area (Å²) in [5.74, 6) is -2.24. The van der Waals surface area contributed by atoms with Crippen molar-refractivity contribution in [3.8, 4) is 0 Å². The lowest BCUT2D eigenvalue weighted by molar-refractivity contribution is -0.163. The lowest BCUT2D eigenvalue weighted by atomic mass is 10.0. The molecule has 1 heterocycles. The number of rotatable bonds is 12. The average molecular weight is 656 g/mol. The van der Waals surface area contributed by atoms with Gasteiger partial charge in [0, 0.05) is 5.38 Å². The lowest BCUT2D eigenvalue weighted by Crippen LogP contribution is -2.44. The summed E-state index contributed by atoms with van der Waals surface area (Å²) >= 11 is 0.977.